The first-order valence-corrected chi connectivity index (χ1v) is 8.56. The molecular weight excluding hydrogens is 322 g/mol. The predicted molar refractivity (Wildman–Crippen MR) is 86.7 cm³/mol. The van der Waals surface area contributed by atoms with Gasteiger partial charge in [0.2, 0.25) is 0 Å². The van der Waals surface area contributed by atoms with Gasteiger partial charge >= 0.3 is 0 Å². The van der Waals surface area contributed by atoms with Gasteiger partial charge in [-0.15, -0.1) is 0 Å². The van der Waals surface area contributed by atoms with Gasteiger partial charge < -0.3 is 4.74 Å². The highest BCUT2D eigenvalue weighted by Crippen LogP contribution is 2.41. The van der Waals surface area contributed by atoms with Crippen molar-refractivity contribution in [2.45, 2.75) is 12.0 Å². The van der Waals surface area contributed by atoms with Gasteiger partial charge in [0, 0.05) is 19.0 Å². The Balaban J connectivity index is 1.35. The second-order valence-corrected chi connectivity index (χ2v) is 7.48. The van der Waals surface area contributed by atoms with Gasteiger partial charge in [0.1, 0.15) is 21.1 Å². The molecule has 2 fully saturated rings. The highest BCUT2D eigenvalue weighted by atomic mass is 35.5. The van der Waals surface area contributed by atoms with Crippen LogP contribution in [0, 0.1) is 5.92 Å². The molecule has 0 amide bonds. The molecule has 2 saturated heterocycles. The predicted octanol–water partition coefficient (Wildman–Crippen LogP) is 2.22. The number of piperidine rings is 1. The Morgan fingerprint density at radius 2 is 2.36 bits per heavy atom. The maximum Gasteiger partial charge on any atom is 0.291 e. The van der Waals surface area contributed by atoms with Crippen molar-refractivity contribution in [2.75, 3.05) is 31.5 Å². The van der Waals surface area contributed by atoms with Crippen LogP contribution in [0.3, 0.4) is 0 Å². The van der Waals surface area contributed by atoms with Crippen LogP contribution in [0.15, 0.2) is 17.1 Å². The third-order valence-electron chi connectivity index (χ3n) is 4.73. The fraction of sp³-hybridized carbons (Fsp3) is 0.500. The van der Waals surface area contributed by atoms with Crippen LogP contribution >= 0.6 is 22.9 Å². The molecule has 0 saturated carbocycles. The first-order valence-electron chi connectivity index (χ1n) is 7.36. The second kappa shape index (κ2) is 4.53. The molecule has 2 aromatic rings. The molecule has 22 heavy (non-hydrogen) atoms. The minimum Gasteiger partial charge on any atom is -0.455 e. The van der Waals surface area contributed by atoms with Crippen molar-refractivity contribution in [3.8, 4) is 0 Å². The third kappa shape index (κ3) is 1.92. The molecular formula is C14H14ClN5OS. The smallest absolute Gasteiger partial charge is 0.291 e. The zero-order chi connectivity index (χ0) is 14.7. The highest BCUT2D eigenvalue weighted by Gasteiger charge is 2.54. The summed E-state index contributed by atoms with van der Waals surface area (Å²) in [7, 11) is 0. The van der Waals surface area contributed by atoms with E-state index in [-0.39, 0.29) is 5.60 Å². The van der Waals surface area contributed by atoms with Gasteiger partial charge in [0.05, 0.1) is 6.54 Å². The number of rotatable bonds is 1. The summed E-state index contributed by atoms with van der Waals surface area (Å²) >= 11 is 7.37. The number of aliphatic imine (C=N–C) groups is 1. The van der Waals surface area contributed by atoms with Crippen LogP contribution < -0.4 is 5.32 Å². The summed E-state index contributed by atoms with van der Waals surface area (Å²) < 4.78 is 6.18. The SMILES string of the molecule is Clc1ccc2nc(NC3=NC[C@@]4(C[N@@]5CC[C@@H]4C5)O3)sc2n1. The molecule has 3 atom stereocenters. The molecule has 5 rings (SSSR count). The Morgan fingerprint density at radius 3 is 3.18 bits per heavy atom. The van der Waals surface area contributed by atoms with Crippen molar-refractivity contribution in [3.05, 3.63) is 17.3 Å². The normalized spacial score (nSPS) is 32.7. The molecule has 0 unspecified atom stereocenters. The van der Waals surface area contributed by atoms with Crippen LogP contribution in [0.1, 0.15) is 6.42 Å². The summed E-state index contributed by atoms with van der Waals surface area (Å²) in [6.07, 6.45) is 1.21. The van der Waals surface area contributed by atoms with Crippen LogP contribution in [0.25, 0.3) is 10.3 Å². The van der Waals surface area contributed by atoms with Gasteiger partial charge in [0.15, 0.2) is 5.13 Å². The average Bonchev–Trinajstić information content (AvgIpc) is 3.23. The lowest BCUT2D eigenvalue weighted by Crippen LogP contribution is -2.46. The molecule has 6 nitrogen and oxygen atoms in total. The van der Waals surface area contributed by atoms with E-state index in [2.05, 4.69) is 25.2 Å². The van der Waals surface area contributed by atoms with Gasteiger partial charge in [-0.1, -0.05) is 22.9 Å². The number of hydrogen-bond acceptors (Lipinski definition) is 7. The fourth-order valence-corrected chi connectivity index (χ4v) is 4.70. The van der Waals surface area contributed by atoms with Gasteiger partial charge in [-0.3, -0.25) is 10.2 Å². The van der Waals surface area contributed by atoms with Crippen LogP contribution in [-0.4, -0.2) is 52.7 Å². The molecule has 2 aromatic heterocycles. The van der Waals surface area contributed by atoms with Gasteiger partial charge in [-0.25, -0.2) is 15.0 Å². The summed E-state index contributed by atoms with van der Waals surface area (Å²) in [5.41, 5.74) is 0.718. The van der Waals surface area contributed by atoms with Crippen molar-refractivity contribution in [3.63, 3.8) is 0 Å². The average molecular weight is 336 g/mol. The van der Waals surface area contributed by atoms with E-state index in [9.17, 15) is 0 Å². The molecule has 8 heteroatoms. The first kappa shape index (κ1) is 13.0. The molecule has 0 radical (unpaired) electrons. The van der Waals surface area contributed by atoms with Crippen molar-refractivity contribution >= 4 is 44.4 Å². The monoisotopic (exact) mass is 335 g/mol. The largest absolute Gasteiger partial charge is 0.455 e. The number of halogens is 1. The summed E-state index contributed by atoms with van der Waals surface area (Å²) in [5.74, 6) is 0.603. The number of amidine groups is 1. The zero-order valence-electron chi connectivity index (χ0n) is 11.8. The van der Waals surface area contributed by atoms with E-state index in [4.69, 9.17) is 16.3 Å². The molecule has 2 bridgehead atoms. The van der Waals surface area contributed by atoms with Crippen LogP contribution in [-0.2, 0) is 4.74 Å². The minimum absolute atomic E-state index is 0.112. The maximum atomic E-state index is 6.18. The Kier molecular flexibility index (Phi) is 2.69. The first-order chi connectivity index (χ1) is 10.7. The van der Waals surface area contributed by atoms with Crippen molar-refractivity contribution in [2.24, 2.45) is 10.9 Å². The highest BCUT2D eigenvalue weighted by molar-refractivity contribution is 7.22. The molecule has 0 aromatic carbocycles. The zero-order valence-corrected chi connectivity index (χ0v) is 13.3. The van der Waals surface area contributed by atoms with Gasteiger partial charge in [-0.05, 0) is 25.1 Å². The summed E-state index contributed by atoms with van der Waals surface area (Å²) in [5, 5.41) is 4.41. The van der Waals surface area contributed by atoms with Crippen LogP contribution in [0.4, 0.5) is 5.13 Å². The molecule has 1 N–H and O–H groups in total. The molecule has 5 heterocycles. The van der Waals surface area contributed by atoms with E-state index >= 15 is 0 Å². The van der Waals surface area contributed by atoms with E-state index in [1.54, 1.807) is 6.07 Å². The van der Waals surface area contributed by atoms with Gasteiger partial charge in [-0.2, -0.15) is 0 Å². The van der Waals surface area contributed by atoms with E-state index in [0.717, 1.165) is 35.1 Å². The number of ether oxygens (including phenoxy) is 1. The molecule has 114 valence electrons. The minimum atomic E-state index is -0.112. The van der Waals surface area contributed by atoms with Crippen LogP contribution in [0.2, 0.25) is 5.15 Å². The van der Waals surface area contributed by atoms with E-state index in [1.807, 2.05) is 6.07 Å². The topological polar surface area (TPSA) is 62.6 Å². The Labute approximate surface area is 136 Å². The Hall–Kier alpha value is -1.44. The number of thiazole rings is 1. The molecule has 3 aliphatic rings. The Bertz CT molecular complexity index is 793. The van der Waals surface area contributed by atoms with E-state index < -0.39 is 0 Å². The number of fused-ring (bicyclic) bond motifs is 4. The van der Waals surface area contributed by atoms with Crippen LogP contribution in [0.5, 0.6) is 0 Å². The second-order valence-electron chi connectivity index (χ2n) is 6.11. The lowest BCUT2D eigenvalue weighted by atomic mass is 9.88. The van der Waals surface area contributed by atoms with Crippen molar-refractivity contribution in [1.82, 2.24) is 14.9 Å². The van der Waals surface area contributed by atoms with Crippen molar-refractivity contribution in [1.29, 1.82) is 0 Å². The fourth-order valence-electron chi connectivity index (χ4n) is 3.68. The molecule has 1 spiro atoms. The molecule has 0 aliphatic carbocycles. The standard InChI is InChI=1S/C14H14ClN5OS/c15-10-2-1-9-11(18-10)22-13(17-9)19-12-16-6-14(21-12)7-20-4-3-8(14)5-20/h1-2,8H,3-7H2,(H,16,17,19)/t8-,14+/m1/s1. The van der Waals surface area contributed by atoms with E-state index in [1.165, 1.54) is 24.3 Å². The summed E-state index contributed by atoms with van der Waals surface area (Å²) in [6.45, 7) is 4.07. The van der Waals surface area contributed by atoms with Gasteiger partial charge in [0.25, 0.3) is 6.02 Å². The third-order valence-corrected chi connectivity index (χ3v) is 5.82. The number of hydrogen-bond donors (Lipinski definition) is 1. The maximum absolute atomic E-state index is 6.18. The number of nitrogens with zero attached hydrogens (tertiary/aromatic N) is 4. The lowest BCUT2D eigenvalue weighted by Gasteiger charge is -2.31. The summed E-state index contributed by atoms with van der Waals surface area (Å²) in [4.78, 5) is 16.6. The number of pyridine rings is 1. The number of aromatic nitrogens is 2. The molecule has 3 aliphatic heterocycles. The quantitative estimate of drug-likeness (QED) is 0.810. The number of anilines is 1. The van der Waals surface area contributed by atoms with E-state index in [0.29, 0.717) is 17.1 Å². The lowest BCUT2D eigenvalue weighted by molar-refractivity contribution is 0.0364. The number of nitrogens with one attached hydrogen (secondary N) is 1. The summed E-state index contributed by atoms with van der Waals surface area (Å²) in [6, 6.07) is 4.20. The van der Waals surface area contributed by atoms with Crippen molar-refractivity contribution < 1.29 is 4.74 Å². The Morgan fingerprint density at radius 1 is 1.41 bits per heavy atom.